The second kappa shape index (κ2) is 10.7. The molecule has 0 spiro atoms. The van der Waals surface area contributed by atoms with Gasteiger partial charge in [-0.15, -0.1) is 0 Å². The number of aromatic nitrogens is 2. The molecule has 0 saturated heterocycles. The second-order valence-electron chi connectivity index (χ2n) is 9.59. The quantitative estimate of drug-likeness (QED) is 0.289. The number of carbonyl (C=O) groups excluding carboxylic acids is 1. The predicted molar refractivity (Wildman–Crippen MR) is 143 cm³/mol. The number of imidazole rings is 1. The highest BCUT2D eigenvalue weighted by atomic mass is 19.4. The minimum absolute atomic E-state index is 0.0418. The van der Waals surface area contributed by atoms with Gasteiger partial charge in [-0.3, -0.25) is 14.2 Å². The number of carboxylic acid groups (broad SMARTS) is 1. The summed E-state index contributed by atoms with van der Waals surface area (Å²) < 4.78 is 54.3. The highest BCUT2D eigenvalue weighted by Gasteiger charge is 2.43. The van der Waals surface area contributed by atoms with E-state index in [-0.39, 0.29) is 42.8 Å². The van der Waals surface area contributed by atoms with Crippen LogP contribution in [0.4, 0.5) is 18.9 Å². The minimum atomic E-state index is -5.16. The number of aliphatic carboxylic acids is 1. The van der Waals surface area contributed by atoms with Crippen molar-refractivity contribution < 1.29 is 42.4 Å². The number of hydrogen-bond donors (Lipinski definition) is 2. The number of hydrogen-bond acceptors (Lipinski definition) is 6. The van der Waals surface area contributed by atoms with Crippen LogP contribution in [0, 0.1) is 6.92 Å². The Morgan fingerprint density at radius 3 is 2.63 bits per heavy atom. The first-order chi connectivity index (χ1) is 19.5. The summed E-state index contributed by atoms with van der Waals surface area (Å²) in [4.78, 5) is 28.9. The Kier molecular flexibility index (Phi) is 7.24. The number of phenols is 1. The minimum Gasteiger partial charge on any atom is -0.506 e. The third kappa shape index (κ3) is 5.24. The Morgan fingerprint density at radius 2 is 1.93 bits per heavy atom. The van der Waals surface area contributed by atoms with Gasteiger partial charge in [-0.05, 0) is 49.2 Å². The number of halogens is 3. The Balaban J connectivity index is 1.57. The van der Waals surface area contributed by atoms with Crippen molar-refractivity contribution in [2.75, 3.05) is 18.1 Å². The van der Waals surface area contributed by atoms with Gasteiger partial charge in [0.1, 0.15) is 17.0 Å². The van der Waals surface area contributed by atoms with Gasteiger partial charge in [0.05, 0.1) is 37.4 Å². The van der Waals surface area contributed by atoms with E-state index >= 15 is 0 Å². The van der Waals surface area contributed by atoms with Gasteiger partial charge in [-0.1, -0.05) is 24.3 Å². The van der Waals surface area contributed by atoms with Crippen molar-refractivity contribution in [1.29, 1.82) is 0 Å². The number of para-hydroxylation sites is 1. The van der Waals surface area contributed by atoms with E-state index in [1.54, 1.807) is 48.7 Å². The molecule has 0 bridgehead atoms. The number of benzene rings is 3. The Hall–Kier alpha value is -4.74. The van der Waals surface area contributed by atoms with Gasteiger partial charge in [-0.25, -0.2) is 0 Å². The molecule has 0 saturated carbocycles. The number of ether oxygens (including phenoxy) is 2. The van der Waals surface area contributed by atoms with Crippen molar-refractivity contribution in [2.45, 2.75) is 38.9 Å². The number of phenolic OH excluding ortho intramolecular Hbond substituents is 1. The standard InChI is InChI=1S/C29H26F3N3O6/c1-3-40-28-33-26-22(8-5-9-23(26)36)35(28)21-7-4-6-17(16(21)2)14-34(27(39)29(30,31)32)19-10-11-20-18(12-25(37)38)15-41-24(20)13-19/h4-11,13,18,36H,3,12,14-15H2,1-2H3,(H,37,38)/t18-/m1/s1. The molecule has 2 N–H and O–H groups in total. The zero-order valence-corrected chi connectivity index (χ0v) is 22.1. The summed E-state index contributed by atoms with van der Waals surface area (Å²) in [7, 11) is 0. The highest BCUT2D eigenvalue weighted by Crippen LogP contribution is 2.40. The zero-order chi connectivity index (χ0) is 29.5. The van der Waals surface area contributed by atoms with Crippen molar-refractivity contribution in [3.05, 3.63) is 71.3 Å². The summed E-state index contributed by atoms with van der Waals surface area (Å²) in [5.41, 5.74) is 2.89. The van der Waals surface area contributed by atoms with Crippen LogP contribution in [-0.4, -0.2) is 51.0 Å². The molecule has 9 nitrogen and oxygen atoms in total. The molecule has 0 unspecified atom stereocenters. The maximum absolute atomic E-state index is 13.8. The first-order valence-electron chi connectivity index (χ1n) is 12.8. The molecule has 214 valence electrons. The fourth-order valence-corrected chi connectivity index (χ4v) is 5.02. The van der Waals surface area contributed by atoms with Gasteiger partial charge >= 0.3 is 24.1 Å². The molecule has 1 aromatic heterocycles. The van der Waals surface area contributed by atoms with Crippen molar-refractivity contribution in [1.82, 2.24) is 9.55 Å². The van der Waals surface area contributed by atoms with Gasteiger partial charge < -0.3 is 24.6 Å². The highest BCUT2D eigenvalue weighted by molar-refractivity contribution is 5.97. The Labute approximate surface area is 232 Å². The van der Waals surface area contributed by atoms with Crippen LogP contribution in [0.3, 0.4) is 0 Å². The Morgan fingerprint density at radius 1 is 1.17 bits per heavy atom. The molecule has 4 aromatic rings. The van der Waals surface area contributed by atoms with Crippen LogP contribution in [0.5, 0.6) is 17.5 Å². The van der Waals surface area contributed by atoms with Crippen LogP contribution in [0.1, 0.15) is 36.0 Å². The number of nitrogens with zero attached hydrogens (tertiary/aromatic N) is 3. The lowest BCUT2D eigenvalue weighted by Gasteiger charge is -2.26. The first kappa shape index (κ1) is 27.8. The van der Waals surface area contributed by atoms with Crippen LogP contribution in [0.25, 0.3) is 16.7 Å². The van der Waals surface area contributed by atoms with E-state index in [9.17, 15) is 27.9 Å². The van der Waals surface area contributed by atoms with Gasteiger partial charge in [0.2, 0.25) is 0 Å². The maximum Gasteiger partial charge on any atom is 0.471 e. The number of carboxylic acids is 1. The third-order valence-corrected chi connectivity index (χ3v) is 6.99. The number of alkyl halides is 3. The van der Waals surface area contributed by atoms with Crippen molar-refractivity contribution in [3.63, 3.8) is 0 Å². The molecule has 0 fully saturated rings. The van der Waals surface area contributed by atoms with E-state index in [2.05, 4.69) is 4.98 Å². The van der Waals surface area contributed by atoms with Crippen molar-refractivity contribution >= 4 is 28.6 Å². The molecule has 3 aromatic carbocycles. The molecule has 1 amide bonds. The Bertz CT molecular complexity index is 1650. The molecular formula is C29H26F3N3O6. The average Bonchev–Trinajstić information content (AvgIpc) is 3.48. The molecule has 5 rings (SSSR count). The average molecular weight is 570 g/mol. The van der Waals surface area contributed by atoms with Gasteiger partial charge in [0.15, 0.2) is 0 Å². The largest absolute Gasteiger partial charge is 0.506 e. The van der Waals surface area contributed by atoms with Gasteiger partial charge in [0.25, 0.3) is 0 Å². The van der Waals surface area contributed by atoms with Crippen molar-refractivity contribution in [2.24, 2.45) is 0 Å². The summed E-state index contributed by atoms with van der Waals surface area (Å²) in [6, 6.07) is 14.3. The maximum atomic E-state index is 13.8. The van der Waals surface area contributed by atoms with Gasteiger partial charge in [0, 0.05) is 23.2 Å². The SMILES string of the molecule is CCOc1nc2c(O)cccc2n1-c1cccc(CN(C(=O)C(F)(F)F)c2ccc3c(c2)OC[C@H]3CC(=O)O)c1C. The molecule has 1 atom stereocenters. The number of amides is 1. The van der Waals surface area contributed by atoms with E-state index in [0.717, 1.165) is 0 Å². The lowest BCUT2D eigenvalue weighted by atomic mass is 9.97. The van der Waals surface area contributed by atoms with E-state index < -0.39 is 30.5 Å². The molecule has 1 aliphatic heterocycles. The lowest BCUT2D eigenvalue weighted by molar-refractivity contribution is -0.170. The first-order valence-corrected chi connectivity index (χ1v) is 12.8. The molecule has 12 heteroatoms. The topological polar surface area (TPSA) is 114 Å². The fraction of sp³-hybridized carbons (Fsp3) is 0.276. The molecule has 0 aliphatic carbocycles. The lowest BCUT2D eigenvalue weighted by Crippen LogP contribution is -2.41. The molecule has 1 aliphatic rings. The van der Waals surface area contributed by atoms with Crippen molar-refractivity contribution in [3.8, 4) is 23.2 Å². The summed E-state index contributed by atoms with van der Waals surface area (Å²) >= 11 is 0. The zero-order valence-electron chi connectivity index (χ0n) is 22.1. The van der Waals surface area contributed by atoms with E-state index in [0.29, 0.717) is 38.3 Å². The molecular weight excluding hydrogens is 543 g/mol. The van der Waals surface area contributed by atoms with E-state index in [1.165, 1.54) is 24.3 Å². The molecule has 2 heterocycles. The predicted octanol–water partition coefficient (Wildman–Crippen LogP) is 5.48. The van der Waals surface area contributed by atoms with Gasteiger partial charge in [-0.2, -0.15) is 18.2 Å². The van der Waals surface area contributed by atoms with E-state index in [4.69, 9.17) is 14.6 Å². The normalized spacial score (nSPS) is 14.5. The number of carbonyl (C=O) groups is 2. The number of fused-ring (bicyclic) bond motifs is 2. The van der Waals surface area contributed by atoms with Crippen LogP contribution in [0.2, 0.25) is 0 Å². The van der Waals surface area contributed by atoms with Crippen LogP contribution < -0.4 is 14.4 Å². The second-order valence-corrected chi connectivity index (χ2v) is 9.59. The number of anilines is 1. The van der Waals surface area contributed by atoms with Crippen LogP contribution >= 0.6 is 0 Å². The summed E-state index contributed by atoms with van der Waals surface area (Å²) in [6.07, 6.45) is -5.34. The summed E-state index contributed by atoms with van der Waals surface area (Å²) in [5, 5.41) is 19.5. The van der Waals surface area contributed by atoms with Crippen LogP contribution in [0.15, 0.2) is 54.6 Å². The summed E-state index contributed by atoms with van der Waals surface area (Å²) in [5.74, 6) is -3.33. The smallest absolute Gasteiger partial charge is 0.471 e. The number of rotatable bonds is 8. The fourth-order valence-electron chi connectivity index (χ4n) is 5.02. The van der Waals surface area contributed by atoms with Crippen LogP contribution in [-0.2, 0) is 16.1 Å². The number of aromatic hydroxyl groups is 1. The molecule has 0 radical (unpaired) electrons. The van der Waals surface area contributed by atoms with E-state index in [1.807, 2.05) is 0 Å². The summed E-state index contributed by atoms with van der Waals surface area (Å²) in [6.45, 7) is 3.43. The third-order valence-electron chi connectivity index (χ3n) is 6.99. The monoisotopic (exact) mass is 569 g/mol. The molecule has 41 heavy (non-hydrogen) atoms.